The van der Waals surface area contributed by atoms with Crippen LogP contribution in [0.5, 0.6) is 0 Å². The van der Waals surface area contributed by atoms with Gasteiger partial charge in [0.2, 0.25) is 5.78 Å². The highest BCUT2D eigenvalue weighted by atomic mass is 35.5. The summed E-state index contributed by atoms with van der Waals surface area (Å²) in [5.41, 5.74) is 1.25. The number of nitro groups is 1. The Kier molecular flexibility index (Phi) is 5.99. The molecule has 3 rings (SSSR count). The monoisotopic (exact) mass is 440 g/mol. The van der Waals surface area contributed by atoms with Crippen molar-refractivity contribution in [1.82, 2.24) is 4.57 Å². The van der Waals surface area contributed by atoms with Crippen molar-refractivity contribution in [1.29, 1.82) is 0 Å². The molecule has 31 heavy (non-hydrogen) atoms. The average molecular weight is 441 g/mol. The molecule has 0 fully saturated rings. The minimum atomic E-state index is -1.29. The zero-order valence-electron chi connectivity index (χ0n) is 17.5. The molecule has 8 heteroatoms. The molecule has 160 valence electrons. The van der Waals surface area contributed by atoms with Gasteiger partial charge < -0.3 is 9.30 Å². The number of carbonyl (C=O) groups is 2. The maximum absolute atomic E-state index is 13.2. The van der Waals surface area contributed by atoms with Crippen LogP contribution in [0.25, 0.3) is 0 Å². The topological polar surface area (TPSA) is 91.4 Å². The Labute approximate surface area is 184 Å². The van der Waals surface area contributed by atoms with Gasteiger partial charge in [-0.2, -0.15) is 0 Å². The Morgan fingerprint density at radius 1 is 1.10 bits per heavy atom. The maximum Gasteiger partial charge on any atom is 0.322 e. The highest BCUT2D eigenvalue weighted by molar-refractivity contribution is 6.30. The summed E-state index contributed by atoms with van der Waals surface area (Å²) in [5.74, 6) is -0.758. The van der Waals surface area contributed by atoms with Crippen LogP contribution in [0.1, 0.15) is 39.8 Å². The van der Waals surface area contributed by atoms with Crippen LogP contribution in [0.15, 0.2) is 54.6 Å². The lowest BCUT2D eigenvalue weighted by Gasteiger charge is -2.28. The molecule has 1 heterocycles. The van der Waals surface area contributed by atoms with E-state index in [-0.39, 0.29) is 11.5 Å². The number of carbonyl (C=O) groups excluding carboxylic acids is 2. The van der Waals surface area contributed by atoms with E-state index in [2.05, 4.69) is 0 Å². The zero-order chi connectivity index (χ0) is 22.9. The third-order valence-corrected chi connectivity index (χ3v) is 5.76. The van der Waals surface area contributed by atoms with Crippen molar-refractivity contribution in [3.63, 3.8) is 0 Å². The van der Waals surface area contributed by atoms with Crippen molar-refractivity contribution >= 4 is 29.0 Å². The van der Waals surface area contributed by atoms with Crippen LogP contribution in [0.3, 0.4) is 0 Å². The summed E-state index contributed by atoms with van der Waals surface area (Å²) >= 11 is 5.93. The molecule has 0 saturated heterocycles. The Balaban J connectivity index is 2.16. The van der Waals surface area contributed by atoms with E-state index in [9.17, 15) is 19.7 Å². The lowest BCUT2D eigenvalue weighted by molar-refractivity contribution is -0.384. The highest BCUT2D eigenvalue weighted by Crippen LogP contribution is 2.36. The van der Waals surface area contributed by atoms with Gasteiger partial charge in [0.15, 0.2) is 0 Å². The predicted molar refractivity (Wildman–Crippen MR) is 117 cm³/mol. The molecule has 1 aromatic heterocycles. The summed E-state index contributed by atoms with van der Waals surface area (Å²) in [7, 11) is 2.99. The van der Waals surface area contributed by atoms with Crippen LogP contribution >= 0.6 is 11.6 Å². The first-order valence-corrected chi connectivity index (χ1v) is 9.79. The molecule has 1 unspecified atom stereocenters. The molecular formula is C23H21ClN2O5. The number of ketones is 1. The molecule has 0 radical (unpaired) electrons. The van der Waals surface area contributed by atoms with Gasteiger partial charge >= 0.3 is 5.97 Å². The molecule has 2 aromatic carbocycles. The van der Waals surface area contributed by atoms with Crippen LogP contribution in [-0.4, -0.2) is 28.4 Å². The number of aryl methyl sites for hydroxylation is 1. The molecule has 0 aliphatic heterocycles. The second kappa shape index (κ2) is 8.35. The second-order valence-electron chi connectivity index (χ2n) is 7.38. The SMILES string of the molecule is COC(=O)C(C)(c1ccc([N+](=O)[O-])cc1)c1cc(C)c(C(=O)c2ccc(Cl)cc2)n1C. The second-order valence-corrected chi connectivity index (χ2v) is 7.81. The van der Waals surface area contributed by atoms with E-state index in [1.807, 2.05) is 0 Å². The van der Waals surface area contributed by atoms with Gasteiger partial charge in [0, 0.05) is 35.5 Å². The van der Waals surface area contributed by atoms with Crippen molar-refractivity contribution in [2.45, 2.75) is 19.3 Å². The van der Waals surface area contributed by atoms with E-state index in [1.165, 1.54) is 31.4 Å². The summed E-state index contributed by atoms with van der Waals surface area (Å²) in [6.45, 7) is 3.46. The van der Waals surface area contributed by atoms with Crippen molar-refractivity contribution in [2.75, 3.05) is 7.11 Å². The number of rotatable bonds is 6. The average Bonchev–Trinajstić information content (AvgIpc) is 3.06. The Hall–Kier alpha value is -3.45. The van der Waals surface area contributed by atoms with Gasteiger partial charge in [0.05, 0.1) is 17.7 Å². The van der Waals surface area contributed by atoms with Gasteiger partial charge in [0.25, 0.3) is 5.69 Å². The van der Waals surface area contributed by atoms with Gasteiger partial charge in [-0.15, -0.1) is 0 Å². The quantitative estimate of drug-likeness (QED) is 0.241. The van der Waals surface area contributed by atoms with Crippen molar-refractivity contribution in [3.05, 3.63) is 97.8 Å². The number of methoxy groups -OCH3 is 1. The fourth-order valence-electron chi connectivity index (χ4n) is 3.80. The summed E-state index contributed by atoms with van der Waals surface area (Å²) in [5, 5.41) is 11.5. The lowest BCUT2D eigenvalue weighted by atomic mass is 9.79. The van der Waals surface area contributed by atoms with Crippen LogP contribution < -0.4 is 0 Å². The molecule has 0 saturated carbocycles. The molecule has 0 aliphatic carbocycles. The summed E-state index contributed by atoms with van der Waals surface area (Å²) in [4.78, 5) is 36.6. The molecule has 0 N–H and O–H groups in total. The van der Waals surface area contributed by atoms with E-state index < -0.39 is 16.3 Å². The third-order valence-electron chi connectivity index (χ3n) is 5.51. The van der Waals surface area contributed by atoms with Gasteiger partial charge in [-0.1, -0.05) is 23.7 Å². The fourth-order valence-corrected chi connectivity index (χ4v) is 3.92. The number of halogens is 1. The highest BCUT2D eigenvalue weighted by Gasteiger charge is 2.42. The number of hydrogen-bond donors (Lipinski definition) is 0. The largest absolute Gasteiger partial charge is 0.468 e. The number of hydrogen-bond acceptors (Lipinski definition) is 5. The summed E-state index contributed by atoms with van der Waals surface area (Å²) in [6, 6.07) is 14.1. The molecule has 7 nitrogen and oxygen atoms in total. The van der Waals surface area contributed by atoms with Gasteiger partial charge in [-0.25, -0.2) is 0 Å². The number of non-ortho nitro benzene ring substituents is 1. The Morgan fingerprint density at radius 2 is 1.68 bits per heavy atom. The van der Waals surface area contributed by atoms with Crippen molar-refractivity contribution in [2.24, 2.45) is 7.05 Å². The van der Waals surface area contributed by atoms with Crippen LogP contribution in [0.2, 0.25) is 5.02 Å². The van der Waals surface area contributed by atoms with Crippen LogP contribution in [0, 0.1) is 17.0 Å². The molecule has 0 aliphatic rings. The minimum absolute atomic E-state index is 0.0855. The van der Waals surface area contributed by atoms with E-state index in [4.69, 9.17) is 16.3 Å². The number of aromatic nitrogens is 1. The standard InChI is InChI=1S/C23H21ClN2O5/c1-14-13-19(25(3)20(14)21(27)15-5-9-17(24)10-6-15)23(2,22(28)31-4)16-7-11-18(12-8-16)26(29)30/h5-13H,1-4H3. The Bertz CT molecular complexity index is 1170. The molecule has 0 amide bonds. The van der Waals surface area contributed by atoms with Gasteiger partial charge in [-0.3, -0.25) is 19.7 Å². The molecule has 0 spiro atoms. The van der Waals surface area contributed by atoms with E-state index >= 15 is 0 Å². The predicted octanol–water partition coefficient (Wildman–Crippen LogP) is 4.61. The zero-order valence-corrected chi connectivity index (χ0v) is 18.3. The lowest BCUT2D eigenvalue weighted by Crippen LogP contribution is -2.37. The smallest absolute Gasteiger partial charge is 0.322 e. The summed E-state index contributed by atoms with van der Waals surface area (Å²) < 4.78 is 6.75. The first-order valence-electron chi connectivity index (χ1n) is 9.41. The molecule has 0 bridgehead atoms. The van der Waals surface area contributed by atoms with E-state index in [1.54, 1.807) is 55.8 Å². The van der Waals surface area contributed by atoms with Crippen molar-refractivity contribution < 1.29 is 19.2 Å². The first-order chi connectivity index (χ1) is 14.6. The number of nitro benzene ring substituents is 1. The number of esters is 1. The summed E-state index contributed by atoms with van der Waals surface area (Å²) in [6.07, 6.45) is 0. The van der Waals surface area contributed by atoms with Gasteiger partial charge in [-0.05, 0) is 55.3 Å². The third kappa shape index (κ3) is 3.84. The Morgan fingerprint density at radius 3 is 2.19 bits per heavy atom. The number of ether oxygens (including phenoxy) is 1. The van der Waals surface area contributed by atoms with Gasteiger partial charge in [0.1, 0.15) is 5.41 Å². The molecule has 1 atom stereocenters. The minimum Gasteiger partial charge on any atom is -0.468 e. The molecule has 3 aromatic rings. The molecular weight excluding hydrogens is 420 g/mol. The fraction of sp³-hybridized carbons (Fsp3) is 0.217. The maximum atomic E-state index is 13.2. The van der Waals surface area contributed by atoms with Crippen molar-refractivity contribution in [3.8, 4) is 0 Å². The first kappa shape index (κ1) is 22.2. The van der Waals surface area contributed by atoms with E-state index in [0.29, 0.717) is 33.1 Å². The normalized spacial score (nSPS) is 12.8. The van der Waals surface area contributed by atoms with Crippen LogP contribution in [0.4, 0.5) is 5.69 Å². The van der Waals surface area contributed by atoms with E-state index in [0.717, 1.165) is 0 Å². The van der Waals surface area contributed by atoms with Crippen LogP contribution in [-0.2, 0) is 22.0 Å². The number of nitrogens with zero attached hydrogens (tertiary/aromatic N) is 2. The number of benzene rings is 2.